The van der Waals surface area contributed by atoms with E-state index >= 15 is 0 Å². The van der Waals surface area contributed by atoms with Crippen molar-refractivity contribution in [1.29, 1.82) is 0 Å². The molecule has 2 amide bonds. The topological polar surface area (TPSA) is 139 Å². The number of anilines is 1. The van der Waals surface area contributed by atoms with Gasteiger partial charge >= 0.3 is 6.09 Å². The highest BCUT2D eigenvalue weighted by Crippen LogP contribution is 2.38. The first-order valence-corrected chi connectivity index (χ1v) is 8.28. The van der Waals surface area contributed by atoms with E-state index in [1.807, 2.05) is 20.8 Å². The third-order valence-electron chi connectivity index (χ3n) is 4.88. The zero-order chi connectivity index (χ0) is 19.7. The zero-order valence-electron chi connectivity index (χ0n) is 15.1. The number of nitrogens with two attached hydrogens (primary N) is 1. The highest BCUT2D eigenvalue weighted by Gasteiger charge is 2.49. The van der Waals surface area contributed by atoms with Gasteiger partial charge in [-0.3, -0.25) is 14.9 Å². The van der Waals surface area contributed by atoms with Crippen LogP contribution in [0.25, 0.3) is 0 Å². The van der Waals surface area contributed by atoms with Crippen molar-refractivity contribution in [2.24, 2.45) is 11.1 Å². The molecule has 1 aromatic carbocycles. The summed E-state index contributed by atoms with van der Waals surface area (Å²) in [6, 6.07) is 5.29. The lowest BCUT2D eigenvalue weighted by atomic mass is 9.73. The van der Waals surface area contributed by atoms with E-state index in [2.05, 4.69) is 5.32 Å². The molecule has 2 atom stereocenters. The first-order chi connectivity index (χ1) is 12.0. The number of piperidine rings is 1. The Morgan fingerprint density at radius 3 is 2.35 bits per heavy atom. The van der Waals surface area contributed by atoms with E-state index in [0.717, 1.165) is 0 Å². The Balaban J connectivity index is 2.33. The van der Waals surface area contributed by atoms with Crippen LogP contribution in [0, 0.1) is 15.5 Å². The molecular formula is C17H24N4O5. The van der Waals surface area contributed by atoms with E-state index in [9.17, 15) is 24.8 Å². The van der Waals surface area contributed by atoms with Crippen LogP contribution in [-0.4, -0.2) is 45.1 Å². The third kappa shape index (κ3) is 3.87. The summed E-state index contributed by atoms with van der Waals surface area (Å²) >= 11 is 0. The van der Waals surface area contributed by atoms with Crippen molar-refractivity contribution in [3.63, 3.8) is 0 Å². The van der Waals surface area contributed by atoms with Crippen molar-refractivity contribution >= 4 is 23.4 Å². The normalized spacial score (nSPS) is 23.3. The molecule has 1 heterocycles. The molecule has 0 radical (unpaired) electrons. The van der Waals surface area contributed by atoms with Crippen molar-refractivity contribution in [2.75, 3.05) is 11.9 Å². The second-order valence-electron chi connectivity index (χ2n) is 7.69. The Bertz CT molecular complexity index is 713. The van der Waals surface area contributed by atoms with Crippen molar-refractivity contribution in [2.45, 2.75) is 45.2 Å². The standard InChI is InChI=1S/C17H24N4O5/c1-16(2,3)13-10-17(14(18)22,8-9-20(13)15(23)24)19-11-4-6-12(7-5-11)21(25)26/h4-7,13,19H,8-10H2,1-3H3,(H2,18,22)(H,23,24). The number of rotatable bonds is 4. The van der Waals surface area contributed by atoms with E-state index in [0.29, 0.717) is 5.69 Å². The Kier molecular flexibility index (Phi) is 5.11. The summed E-state index contributed by atoms with van der Waals surface area (Å²) in [6.07, 6.45) is -0.592. The lowest BCUT2D eigenvalue weighted by Gasteiger charge is -2.49. The van der Waals surface area contributed by atoms with E-state index < -0.39 is 33.9 Å². The van der Waals surface area contributed by atoms with E-state index in [4.69, 9.17) is 5.73 Å². The molecule has 1 fully saturated rings. The maximum absolute atomic E-state index is 12.3. The van der Waals surface area contributed by atoms with Gasteiger partial charge in [-0.25, -0.2) is 4.79 Å². The molecule has 2 unspecified atom stereocenters. The van der Waals surface area contributed by atoms with Crippen LogP contribution in [0.4, 0.5) is 16.2 Å². The van der Waals surface area contributed by atoms with Crippen LogP contribution in [0.3, 0.4) is 0 Å². The molecular weight excluding hydrogens is 340 g/mol. The molecule has 1 aromatic rings. The predicted octanol–water partition coefficient (Wildman–Crippen LogP) is 2.42. The monoisotopic (exact) mass is 364 g/mol. The summed E-state index contributed by atoms with van der Waals surface area (Å²) in [6.45, 7) is 5.91. The molecule has 1 aliphatic rings. The number of carboxylic acid groups (broad SMARTS) is 1. The number of nitro groups is 1. The number of nitro benzene ring substituents is 1. The number of hydrogen-bond acceptors (Lipinski definition) is 5. The number of nitrogens with one attached hydrogen (secondary N) is 1. The molecule has 9 heteroatoms. The molecule has 0 aliphatic carbocycles. The van der Waals surface area contributed by atoms with Crippen LogP contribution in [0.1, 0.15) is 33.6 Å². The Morgan fingerprint density at radius 2 is 1.92 bits per heavy atom. The first-order valence-electron chi connectivity index (χ1n) is 8.28. The molecule has 142 valence electrons. The number of nitrogens with zero attached hydrogens (tertiary/aromatic N) is 2. The number of primary amides is 1. The van der Waals surface area contributed by atoms with Gasteiger partial charge in [0.1, 0.15) is 5.54 Å². The predicted molar refractivity (Wildman–Crippen MR) is 95.9 cm³/mol. The zero-order valence-corrected chi connectivity index (χ0v) is 15.1. The molecule has 1 saturated heterocycles. The van der Waals surface area contributed by atoms with E-state index in [1.165, 1.54) is 29.2 Å². The summed E-state index contributed by atoms with van der Waals surface area (Å²) in [5, 5.41) is 23.4. The van der Waals surface area contributed by atoms with Gasteiger partial charge in [-0.15, -0.1) is 0 Å². The smallest absolute Gasteiger partial charge is 0.407 e. The Labute approximate surface area is 151 Å². The van der Waals surface area contributed by atoms with Gasteiger partial charge in [-0.2, -0.15) is 0 Å². The van der Waals surface area contributed by atoms with E-state index in [-0.39, 0.29) is 25.1 Å². The SMILES string of the molecule is CC(C)(C)C1CC(Nc2ccc([N+](=O)[O-])cc2)(C(N)=O)CCN1C(=O)O. The molecule has 1 aliphatic heterocycles. The Hall–Kier alpha value is -2.84. The fraction of sp³-hybridized carbons (Fsp3) is 0.529. The summed E-state index contributed by atoms with van der Waals surface area (Å²) < 4.78 is 0. The molecule has 0 aromatic heterocycles. The van der Waals surface area contributed by atoms with Crippen LogP contribution in [0.15, 0.2) is 24.3 Å². The van der Waals surface area contributed by atoms with Crippen LogP contribution in [-0.2, 0) is 4.79 Å². The summed E-state index contributed by atoms with van der Waals surface area (Å²) in [4.78, 5) is 35.5. The van der Waals surface area contributed by atoms with Crippen LogP contribution in [0.2, 0.25) is 0 Å². The molecule has 9 nitrogen and oxygen atoms in total. The van der Waals surface area contributed by atoms with Gasteiger partial charge in [0.15, 0.2) is 0 Å². The summed E-state index contributed by atoms with van der Waals surface area (Å²) in [5.74, 6) is -0.574. The lowest BCUT2D eigenvalue weighted by Crippen LogP contribution is -2.63. The number of benzene rings is 1. The number of amides is 2. The van der Waals surface area contributed by atoms with Crippen LogP contribution >= 0.6 is 0 Å². The van der Waals surface area contributed by atoms with Crippen LogP contribution in [0.5, 0.6) is 0 Å². The average Bonchev–Trinajstić information content (AvgIpc) is 2.54. The van der Waals surface area contributed by atoms with Crippen molar-refractivity contribution in [1.82, 2.24) is 4.90 Å². The minimum Gasteiger partial charge on any atom is -0.465 e. The second kappa shape index (κ2) is 6.81. The van der Waals surface area contributed by atoms with Gasteiger partial charge in [0.25, 0.3) is 5.69 Å². The molecule has 0 bridgehead atoms. The number of likely N-dealkylation sites (tertiary alicyclic amines) is 1. The fourth-order valence-corrected chi connectivity index (χ4v) is 3.35. The fourth-order valence-electron chi connectivity index (χ4n) is 3.35. The quantitative estimate of drug-likeness (QED) is 0.554. The van der Waals surface area contributed by atoms with Gasteiger partial charge in [-0.05, 0) is 24.0 Å². The first kappa shape index (κ1) is 19.5. The van der Waals surface area contributed by atoms with E-state index in [1.54, 1.807) is 0 Å². The van der Waals surface area contributed by atoms with Gasteiger partial charge < -0.3 is 21.1 Å². The van der Waals surface area contributed by atoms with Gasteiger partial charge in [0.05, 0.1) is 4.92 Å². The van der Waals surface area contributed by atoms with Crippen molar-refractivity contribution in [3.05, 3.63) is 34.4 Å². The van der Waals surface area contributed by atoms with Gasteiger partial charge in [-0.1, -0.05) is 20.8 Å². The van der Waals surface area contributed by atoms with Crippen molar-refractivity contribution in [3.8, 4) is 0 Å². The maximum Gasteiger partial charge on any atom is 0.407 e. The minimum absolute atomic E-state index is 0.0584. The average molecular weight is 364 g/mol. The molecule has 0 saturated carbocycles. The second-order valence-corrected chi connectivity index (χ2v) is 7.69. The molecule has 0 spiro atoms. The van der Waals surface area contributed by atoms with Gasteiger partial charge in [0, 0.05) is 36.8 Å². The van der Waals surface area contributed by atoms with Gasteiger partial charge in [0.2, 0.25) is 5.91 Å². The number of carbonyl (C=O) groups excluding carboxylic acids is 1. The number of non-ortho nitro benzene ring substituents is 1. The Morgan fingerprint density at radius 1 is 1.35 bits per heavy atom. The molecule has 26 heavy (non-hydrogen) atoms. The highest BCUT2D eigenvalue weighted by molar-refractivity contribution is 5.88. The third-order valence-corrected chi connectivity index (χ3v) is 4.88. The molecule has 4 N–H and O–H groups in total. The lowest BCUT2D eigenvalue weighted by molar-refractivity contribution is -0.384. The largest absolute Gasteiger partial charge is 0.465 e. The van der Waals surface area contributed by atoms with Crippen molar-refractivity contribution < 1.29 is 19.6 Å². The maximum atomic E-state index is 12.3. The summed E-state index contributed by atoms with van der Waals surface area (Å²) in [7, 11) is 0. The number of carbonyl (C=O) groups is 2. The summed E-state index contributed by atoms with van der Waals surface area (Å²) in [5.41, 5.74) is 4.62. The molecule has 2 rings (SSSR count). The van der Waals surface area contributed by atoms with Crippen LogP contribution < -0.4 is 11.1 Å². The number of hydrogen-bond donors (Lipinski definition) is 3. The highest BCUT2D eigenvalue weighted by atomic mass is 16.6. The minimum atomic E-state index is -1.12.